The van der Waals surface area contributed by atoms with Gasteiger partial charge < -0.3 is 24.2 Å². The van der Waals surface area contributed by atoms with Gasteiger partial charge in [0.05, 0.1) is 13.2 Å². The Morgan fingerprint density at radius 2 is 2.20 bits per heavy atom. The van der Waals surface area contributed by atoms with Crippen LogP contribution in [0.1, 0.15) is 49.5 Å². The first-order valence-electron chi connectivity index (χ1n) is 10.3. The molecule has 3 heterocycles. The van der Waals surface area contributed by atoms with Crippen molar-refractivity contribution in [1.82, 2.24) is 15.4 Å². The fraction of sp³-hybridized carbons (Fsp3) is 0.500. The van der Waals surface area contributed by atoms with Crippen molar-refractivity contribution in [3.63, 3.8) is 0 Å². The van der Waals surface area contributed by atoms with Crippen molar-refractivity contribution in [2.24, 2.45) is 0 Å². The maximum atomic E-state index is 12.7. The lowest BCUT2D eigenvalue weighted by molar-refractivity contribution is -0.129. The molecule has 2 aliphatic rings. The third kappa shape index (κ3) is 4.27. The number of rotatable bonds is 5. The number of carbonyl (C=O) groups excluding carboxylic acids is 2. The highest BCUT2D eigenvalue weighted by molar-refractivity contribution is 5.77. The SMILES string of the molecule is COc1cc(CCC(=O)N[C@@H]2C[C@@]3(CCC(=O)N(C)CC3)Oc3ccccc32)on1. The van der Waals surface area contributed by atoms with Crippen LogP contribution in [-0.4, -0.2) is 48.2 Å². The van der Waals surface area contributed by atoms with Crippen LogP contribution in [0, 0.1) is 0 Å². The van der Waals surface area contributed by atoms with Gasteiger partial charge in [0, 0.05) is 57.3 Å². The first kappa shape index (κ1) is 20.3. The van der Waals surface area contributed by atoms with Crippen LogP contribution in [0.3, 0.4) is 0 Å². The molecule has 30 heavy (non-hydrogen) atoms. The lowest BCUT2D eigenvalue weighted by Crippen LogP contribution is -2.45. The van der Waals surface area contributed by atoms with Gasteiger partial charge in [-0.1, -0.05) is 18.2 Å². The van der Waals surface area contributed by atoms with E-state index in [0.717, 1.165) is 17.7 Å². The molecule has 0 unspecified atom stereocenters. The smallest absolute Gasteiger partial charge is 0.254 e. The van der Waals surface area contributed by atoms with Gasteiger partial charge in [-0.25, -0.2) is 0 Å². The van der Waals surface area contributed by atoms with E-state index in [0.29, 0.717) is 43.9 Å². The number of amides is 2. The van der Waals surface area contributed by atoms with Crippen LogP contribution in [0.5, 0.6) is 11.6 Å². The van der Waals surface area contributed by atoms with Crippen LogP contribution in [0.15, 0.2) is 34.9 Å². The average Bonchev–Trinajstić information content (AvgIpc) is 3.18. The molecular formula is C22H27N3O5. The molecule has 1 aromatic heterocycles. The van der Waals surface area contributed by atoms with E-state index in [1.54, 1.807) is 11.0 Å². The average molecular weight is 413 g/mol. The Labute approximate surface area is 175 Å². The van der Waals surface area contributed by atoms with Crippen molar-refractivity contribution in [3.8, 4) is 11.6 Å². The molecular weight excluding hydrogens is 386 g/mol. The molecule has 1 N–H and O–H groups in total. The predicted octanol–water partition coefficient (Wildman–Crippen LogP) is 2.64. The number of aromatic nitrogens is 1. The van der Waals surface area contributed by atoms with E-state index < -0.39 is 5.60 Å². The number of nitrogens with zero attached hydrogens (tertiary/aromatic N) is 2. The Bertz CT molecular complexity index is 927. The summed E-state index contributed by atoms with van der Waals surface area (Å²) in [5, 5.41) is 6.93. The summed E-state index contributed by atoms with van der Waals surface area (Å²) in [6.45, 7) is 0.648. The zero-order chi connectivity index (χ0) is 21.1. The Balaban J connectivity index is 1.47. The number of methoxy groups -OCH3 is 1. The highest BCUT2D eigenvalue weighted by Crippen LogP contribution is 2.44. The van der Waals surface area contributed by atoms with Gasteiger partial charge in [-0.2, -0.15) is 0 Å². The number of hydrogen-bond donors (Lipinski definition) is 1. The van der Waals surface area contributed by atoms with Crippen LogP contribution in [0.4, 0.5) is 0 Å². The quantitative estimate of drug-likeness (QED) is 0.810. The molecule has 2 atom stereocenters. The number of fused-ring (bicyclic) bond motifs is 1. The summed E-state index contributed by atoms with van der Waals surface area (Å²) in [5.41, 5.74) is 0.520. The molecule has 0 bridgehead atoms. The lowest BCUT2D eigenvalue weighted by Gasteiger charge is -2.42. The molecule has 1 saturated heterocycles. The summed E-state index contributed by atoms with van der Waals surface area (Å²) in [5.74, 6) is 1.86. The van der Waals surface area contributed by atoms with Crippen LogP contribution in [0.25, 0.3) is 0 Å². The van der Waals surface area contributed by atoms with Crippen LogP contribution in [0.2, 0.25) is 0 Å². The lowest BCUT2D eigenvalue weighted by atomic mass is 9.82. The van der Waals surface area contributed by atoms with Crippen LogP contribution < -0.4 is 14.8 Å². The number of benzene rings is 1. The Kier molecular flexibility index (Phi) is 5.65. The first-order chi connectivity index (χ1) is 14.5. The predicted molar refractivity (Wildman–Crippen MR) is 108 cm³/mol. The topological polar surface area (TPSA) is 93.9 Å². The highest BCUT2D eigenvalue weighted by atomic mass is 16.5. The minimum Gasteiger partial charge on any atom is -0.487 e. The largest absolute Gasteiger partial charge is 0.487 e. The zero-order valence-corrected chi connectivity index (χ0v) is 17.3. The number of aryl methyl sites for hydroxylation is 1. The molecule has 2 amide bonds. The van der Waals surface area contributed by atoms with Gasteiger partial charge in [0.25, 0.3) is 5.88 Å². The number of likely N-dealkylation sites (tertiary alicyclic amines) is 1. The summed E-state index contributed by atoms with van der Waals surface area (Å²) >= 11 is 0. The molecule has 1 spiro atoms. The molecule has 2 aliphatic heterocycles. The molecule has 1 fully saturated rings. The molecule has 8 nitrogen and oxygen atoms in total. The van der Waals surface area contributed by atoms with Gasteiger partial charge in [-0.15, -0.1) is 0 Å². The van der Waals surface area contributed by atoms with E-state index >= 15 is 0 Å². The molecule has 0 saturated carbocycles. The highest BCUT2D eigenvalue weighted by Gasteiger charge is 2.43. The van der Waals surface area contributed by atoms with Gasteiger partial charge in [-0.05, 0) is 17.6 Å². The fourth-order valence-electron chi connectivity index (χ4n) is 4.21. The van der Waals surface area contributed by atoms with Gasteiger partial charge >= 0.3 is 0 Å². The molecule has 4 rings (SSSR count). The summed E-state index contributed by atoms with van der Waals surface area (Å²) in [4.78, 5) is 26.6. The molecule has 2 aromatic rings. The van der Waals surface area contributed by atoms with Crippen molar-refractivity contribution in [1.29, 1.82) is 0 Å². The first-order valence-corrected chi connectivity index (χ1v) is 10.3. The summed E-state index contributed by atoms with van der Waals surface area (Å²) in [6, 6.07) is 9.33. The standard InChI is InChI=1S/C22H27N3O5/c1-25-12-11-22(10-9-21(25)27)14-17(16-5-3-4-6-18(16)29-22)23-19(26)8-7-15-13-20(28-2)24-30-15/h3-6,13,17H,7-12,14H2,1-2H3,(H,23,26)/t17-,22+/m1/s1. The summed E-state index contributed by atoms with van der Waals surface area (Å²) in [7, 11) is 3.35. The van der Waals surface area contributed by atoms with Crippen molar-refractivity contribution < 1.29 is 23.6 Å². The number of ether oxygens (including phenoxy) is 2. The maximum absolute atomic E-state index is 12.7. The Morgan fingerprint density at radius 3 is 3.00 bits per heavy atom. The van der Waals surface area contributed by atoms with Gasteiger partial charge in [0.15, 0.2) is 0 Å². The zero-order valence-electron chi connectivity index (χ0n) is 17.3. The van der Waals surface area contributed by atoms with E-state index in [4.69, 9.17) is 14.0 Å². The minimum atomic E-state index is -0.453. The third-order valence-electron chi connectivity index (χ3n) is 6.00. The molecule has 160 valence electrons. The van der Waals surface area contributed by atoms with Crippen molar-refractivity contribution >= 4 is 11.8 Å². The number of nitrogens with one attached hydrogen (secondary N) is 1. The maximum Gasteiger partial charge on any atom is 0.254 e. The number of hydrogen-bond acceptors (Lipinski definition) is 6. The van der Waals surface area contributed by atoms with Gasteiger partial charge in [-0.3, -0.25) is 9.59 Å². The summed E-state index contributed by atoms with van der Waals surface area (Å²) in [6.07, 6.45) is 3.21. The molecule has 8 heteroatoms. The minimum absolute atomic E-state index is 0.0657. The van der Waals surface area contributed by atoms with Crippen LogP contribution in [-0.2, 0) is 16.0 Å². The van der Waals surface area contributed by atoms with Crippen molar-refractivity contribution in [2.45, 2.75) is 50.2 Å². The van der Waals surface area contributed by atoms with E-state index in [1.807, 2.05) is 31.3 Å². The van der Waals surface area contributed by atoms with Crippen LogP contribution >= 0.6 is 0 Å². The van der Waals surface area contributed by atoms with Gasteiger partial charge in [0.1, 0.15) is 17.1 Å². The van der Waals surface area contributed by atoms with Crippen molar-refractivity contribution in [2.75, 3.05) is 20.7 Å². The van der Waals surface area contributed by atoms with E-state index in [-0.39, 0.29) is 24.3 Å². The molecule has 1 aromatic carbocycles. The second-order valence-electron chi connectivity index (χ2n) is 8.05. The Hall–Kier alpha value is -3.03. The number of para-hydroxylation sites is 1. The van der Waals surface area contributed by atoms with Gasteiger partial charge in [0.2, 0.25) is 11.8 Å². The Morgan fingerprint density at radius 1 is 1.37 bits per heavy atom. The second-order valence-corrected chi connectivity index (χ2v) is 8.05. The van der Waals surface area contributed by atoms with E-state index in [9.17, 15) is 9.59 Å². The normalized spacial score (nSPS) is 23.5. The van der Waals surface area contributed by atoms with E-state index in [1.165, 1.54) is 7.11 Å². The van der Waals surface area contributed by atoms with E-state index in [2.05, 4.69) is 10.5 Å². The number of carbonyl (C=O) groups is 2. The second kappa shape index (κ2) is 8.38. The van der Waals surface area contributed by atoms with Crippen molar-refractivity contribution in [3.05, 3.63) is 41.7 Å². The molecule has 0 radical (unpaired) electrons. The third-order valence-corrected chi connectivity index (χ3v) is 6.00. The molecule has 0 aliphatic carbocycles. The monoisotopic (exact) mass is 413 g/mol. The fourth-order valence-corrected chi connectivity index (χ4v) is 4.21. The summed E-state index contributed by atoms with van der Waals surface area (Å²) < 4.78 is 16.6.